The van der Waals surface area contributed by atoms with E-state index >= 15 is 0 Å². The van der Waals surface area contributed by atoms with Gasteiger partial charge in [-0.2, -0.15) is 0 Å². The molecule has 1 fully saturated rings. The first-order chi connectivity index (χ1) is 7.18. The Balaban J connectivity index is 2.22. The molecule has 1 unspecified atom stereocenters. The van der Waals surface area contributed by atoms with Crippen LogP contribution in [0.3, 0.4) is 0 Å². The summed E-state index contributed by atoms with van der Waals surface area (Å²) in [5, 5.41) is 13.1. The fourth-order valence-corrected chi connectivity index (χ4v) is 2.10. The molecule has 1 aliphatic heterocycles. The number of phenols is 1. The van der Waals surface area contributed by atoms with Crippen LogP contribution in [0.1, 0.15) is 24.0 Å². The first-order valence-corrected chi connectivity index (χ1v) is 5.39. The third kappa shape index (κ3) is 2.12. The lowest BCUT2D eigenvalue weighted by Gasteiger charge is -2.13. The van der Waals surface area contributed by atoms with Crippen LogP contribution in [0.5, 0.6) is 5.75 Å². The van der Waals surface area contributed by atoms with Gasteiger partial charge in [0, 0.05) is 11.6 Å². The van der Waals surface area contributed by atoms with Crippen LogP contribution in [0, 0.1) is 12.7 Å². The molecule has 0 aromatic heterocycles. The molecule has 0 saturated carbocycles. The minimum absolute atomic E-state index is 0.115. The fourth-order valence-electron chi connectivity index (χ4n) is 2.10. The first kappa shape index (κ1) is 10.4. The maximum Gasteiger partial charge on any atom is 0.130 e. The highest BCUT2D eigenvalue weighted by atomic mass is 19.1. The predicted molar refractivity (Wildman–Crippen MR) is 57.5 cm³/mol. The molecule has 0 radical (unpaired) electrons. The molecule has 2 nitrogen and oxygen atoms in total. The number of halogens is 1. The Labute approximate surface area is 89.1 Å². The Kier molecular flexibility index (Phi) is 2.91. The maximum atomic E-state index is 13.5. The second-order valence-corrected chi connectivity index (χ2v) is 4.19. The summed E-state index contributed by atoms with van der Waals surface area (Å²) in [6.45, 7) is 2.79. The van der Waals surface area contributed by atoms with Crippen molar-refractivity contribution in [3.63, 3.8) is 0 Å². The normalized spacial score (nSPS) is 20.8. The summed E-state index contributed by atoms with van der Waals surface area (Å²) in [6.07, 6.45) is 2.78. The summed E-state index contributed by atoms with van der Waals surface area (Å²) in [7, 11) is 0. The molecule has 15 heavy (non-hydrogen) atoms. The van der Waals surface area contributed by atoms with Gasteiger partial charge in [-0.05, 0) is 44.4 Å². The van der Waals surface area contributed by atoms with Crippen molar-refractivity contribution in [2.45, 2.75) is 32.2 Å². The van der Waals surface area contributed by atoms with Crippen molar-refractivity contribution in [3.8, 4) is 5.75 Å². The molecule has 82 valence electrons. The van der Waals surface area contributed by atoms with Crippen molar-refractivity contribution in [1.29, 1.82) is 0 Å². The highest BCUT2D eigenvalue weighted by molar-refractivity contribution is 5.41. The number of phenolic OH excluding ortho intramolecular Hbond substituents is 1. The van der Waals surface area contributed by atoms with E-state index in [1.165, 1.54) is 6.07 Å². The van der Waals surface area contributed by atoms with E-state index in [0.717, 1.165) is 24.9 Å². The standard InChI is InChI=1S/C12H16FNO/c1-8-4-5-11(13)10(12(8)15)7-9-3-2-6-14-9/h4-5,9,14-15H,2-3,6-7H2,1H3. The van der Waals surface area contributed by atoms with E-state index in [-0.39, 0.29) is 11.6 Å². The summed E-state index contributed by atoms with van der Waals surface area (Å²) in [5.74, 6) is -0.185. The molecule has 1 heterocycles. The average molecular weight is 209 g/mol. The van der Waals surface area contributed by atoms with Crippen LogP contribution in [-0.2, 0) is 6.42 Å². The monoisotopic (exact) mass is 209 g/mol. The van der Waals surface area contributed by atoms with Crippen molar-refractivity contribution in [1.82, 2.24) is 5.32 Å². The molecule has 0 spiro atoms. The van der Waals surface area contributed by atoms with Gasteiger partial charge in [0.2, 0.25) is 0 Å². The Hall–Kier alpha value is -1.09. The van der Waals surface area contributed by atoms with Crippen molar-refractivity contribution in [3.05, 3.63) is 29.1 Å². The number of aromatic hydroxyl groups is 1. The van der Waals surface area contributed by atoms with Crippen molar-refractivity contribution in [2.24, 2.45) is 0 Å². The summed E-state index contributed by atoms with van der Waals surface area (Å²) < 4.78 is 13.5. The largest absolute Gasteiger partial charge is 0.507 e. The van der Waals surface area contributed by atoms with Crippen LogP contribution in [0.25, 0.3) is 0 Å². The van der Waals surface area contributed by atoms with Gasteiger partial charge in [-0.15, -0.1) is 0 Å². The van der Waals surface area contributed by atoms with Gasteiger partial charge < -0.3 is 10.4 Å². The molecule has 0 aliphatic carbocycles. The van der Waals surface area contributed by atoms with E-state index in [4.69, 9.17) is 0 Å². The van der Waals surface area contributed by atoms with E-state index in [2.05, 4.69) is 5.32 Å². The molecular weight excluding hydrogens is 193 g/mol. The lowest BCUT2D eigenvalue weighted by Crippen LogP contribution is -2.24. The van der Waals surface area contributed by atoms with Crippen LogP contribution in [0.2, 0.25) is 0 Å². The zero-order valence-corrected chi connectivity index (χ0v) is 8.89. The van der Waals surface area contributed by atoms with Gasteiger partial charge in [-0.1, -0.05) is 6.07 Å². The maximum absolute atomic E-state index is 13.5. The molecule has 1 aliphatic rings. The van der Waals surface area contributed by atoms with Crippen LogP contribution in [0.15, 0.2) is 12.1 Å². The minimum atomic E-state index is -0.299. The molecular formula is C12H16FNO. The molecule has 2 rings (SSSR count). The molecule has 1 aromatic rings. The van der Waals surface area contributed by atoms with Gasteiger partial charge in [-0.3, -0.25) is 0 Å². The molecule has 0 amide bonds. The smallest absolute Gasteiger partial charge is 0.130 e. The summed E-state index contributed by atoms with van der Waals surface area (Å²) >= 11 is 0. The number of rotatable bonds is 2. The molecule has 1 atom stereocenters. The highest BCUT2D eigenvalue weighted by Gasteiger charge is 2.19. The van der Waals surface area contributed by atoms with Crippen LogP contribution >= 0.6 is 0 Å². The third-order valence-corrected chi connectivity index (χ3v) is 3.04. The minimum Gasteiger partial charge on any atom is -0.507 e. The molecule has 2 N–H and O–H groups in total. The lowest BCUT2D eigenvalue weighted by molar-refractivity contribution is 0.446. The van der Waals surface area contributed by atoms with E-state index in [1.807, 2.05) is 0 Å². The van der Waals surface area contributed by atoms with Crippen molar-refractivity contribution in [2.75, 3.05) is 6.54 Å². The van der Waals surface area contributed by atoms with Gasteiger partial charge in [-0.25, -0.2) is 4.39 Å². The lowest BCUT2D eigenvalue weighted by atomic mass is 10.0. The first-order valence-electron chi connectivity index (χ1n) is 5.39. The quantitative estimate of drug-likeness (QED) is 0.782. The Morgan fingerprint density at radius 1 is 1.53 bits per heavy atom. The van der Waals surface area contributed by atoms with Crippen molar-refractivity contribution >= 4 is 0 Å². The van der Waals surface area contributed by atoms with Gasteiger partial charge >= 0.3 is 0 Å². The second kappa shape index (κ2) is 4.19. The van der Waals surface area contributed by atoms with Gasteiger partial charge in [0.15, 0.2) is 0 Å². The third-order valence-electron chi connectivity index (χ3n) is 3.04. The topological polar surface area (TPSA) is 32.3 Å². The highest BCUT2D eigenvalue weighted by Crippen LogP contribution is 2.27. The Bertz CT molecular complexity index is 359. The number of benzene rings is 1. The SMILES string of the molecule is Cc1ccc(F)c(CC2CCCN2)c1O. The van der Waals surface area contributed by atoms with Crippen molar-refractivity contribution < 1.29 is 9.50 Å². The number of hydrogen-bond acceptors (Lipinski definition) is 2. The number of hydrogen-bond donors (Lipinski definition) is 2. The zero-order valence-electron chi connectivity index (χ0n) is 8.89. The molecule has 3 heteroatoms. The van der Waals surface area contributed by atoms with Crippen LogP contribution < -0.4 is 5.32 Å². The van der Waals surface area contributed by atoms with E-state index in [0.29, 0.717) is 18.0 Å². The summed E-state index contributed by atoms with van der Waals surface area (Å²) in [4.78, 5) is 0. The second-order valence-electron chi connectivity index (χ2n) is 4.19. The zero-order chi connectivity index (χ0) is 10.8. The Morgan fingerprint density at radius 2 is 2.33 bits per heavy atom. The molecule has 1 saturated heterocycles. The molecule has 0 bridgehead atoms. The predicted octanol–water partition coefficient (Wildman–Crippen LogP) is 2.13. The fraction of sp³-hybridized carbons (Fsp3) is 0.500. The summed E-state index contributed by atoms with van der Waals surface area (Å²) in [5.41, 5.74) is 1.19. The van der Waals surface area contributed by atoms with Crippen LogP contribution in [0.4, 0.5) is 4.39 Å². The van der Waals surface area contributed by atoms with E-state index < -0.39 is 0 Å². The average Bonchev–Trinajstić information content (AvgIpc) is 2.71. The van der Waals surface area contributed by atoms with Gasteiger partial charge in [0.05, 0.1) is 0 Å². The van der Waals surface area contributed by atoms with Gasteiger partial charge in [0.25, 0.3) is 0 Å². The number of aryl methyl sites for hydroxylation is 1. The van der Waals surface area contributed by atoms with Gasteiger partial charge in [0.1, 0.15) is 11.6 Å². The van der Waals surface area contributed by atoms with E-state index in [9.17, 15) is 9.50 Å². The number of nitrogens with one attached hydrogen (secondary N) is 1. The summed E-state index contributed by atoms with van der Waals surface area (Å²) in [6, 6.07) is 3.35. The molecule has 1 aromatic carbocycles. The van der Waals surface area contributed by atoms with Crippen LogP contribution in [-0.4, -0.2) is 17.7 Å². The Morgan fingerprint density at radius 3 is 3.00 bits per heavy atom. The van der Waals surface area contributed by atoms with E-state index in [1.54, 1.807) is 13.0 Å².